The predicted molar refractivity (Wildman–Crippen MR) is 79.5 cm³/mol. The van der Waals surface area contributed by atoms with E-state index in [2.05, 4.69) is 15.9 Å². The fourth-order valence-electron chi connectivity index (χ4n) is 2.65. The van der Waals surface area contributed by atoms with Crippen LogP contribution in [0.15, 0.2) is 28.1 Å². The van der Waals surface area contributed by atoms with Crippen LogP contribution < -0.4 is 0 Å². The van der Waals surface area contributed by atoms with Crippen LogP contribution in [-0.2, 0) is 11.3 Å². The van der Waals surface area contributed by atoms with E-state index in [1.165, 1.54) is 11.3 Å². The number of carbonyl (C=O) groups is 2. The number of ketones is 1. The van der Waals surface area contributed by atoms with Crippen LogP contribution >= 0.6 is 27.3 Å². The number of halogens is 1. The van der Waals surface area contributed by atoms with Crippen LogP contribution in [0.5, 0.6) is 0 Å². The maximum Gasteiger partial charge on any atom is 0.312 e. The van der Waals surface area contributed by atoms with Crippen LogP contribution in [0.2, 0.25) is 0 Å². The fraction of sp³-hybridized carbons (Fsp3) is 0.286. The summed E-state index contributed by atoms with van der Waals surface area (Å²) in [5.41, 5.74) is 1.32. The molecule has 3 heterocycles. The second kappa shape index (κ2) is 5.18. The van der Waals surface area contributed by atoms with Crippen molar-refractivity contribution in [1.29, 1.82) is 0 Å². The minimum atomic E-state index is -0.818. The molecule has 4 nitrogen and oxygen atoms in total. The third kappa shape index (κ3) is 2.23. The van der Waals surface area contributed by atoms with Crippen LogP contribution in [0.25, 0.3) is 0 Å². The van der Waals surface area contributed by atoms with Gasteiger partial charge in [0.25, 0.3) is 0 Å². The third-order valence-electron chi connectivity index (χ3n) is 3.57. The molecule has 0 amide bonds. The smallest absolute Gasteiger partial charge is 0.312 e. The van der Waals surface area contributed by atoms with Crippen molar-refractivity contribution < 1.29 is 14.7 Å². The number of thiophene rings is 1. The zero-order valence-electron chi connectivity index (χ0n) is 10.5. The van der Waals surface area contributed by atoms with E-state index >= 15 is 0 Å². The quantitative estimate of drug-likeness (QED) is 0.859. The lowest BCUT2D eigenvalue weighted by Crippen LogP contribution is -2.23. The lowest BCUT2D eigenvalue weighted by Gasteiger charge is -2.23. The number of carbonyl (C=O) groups excluding carboxylic acids is 1. The molecule has 2 aromatic heterocycles. The van der Waals surface area contributed by atoms with Crippen LogP contribution in [0.4, 0.5) is 0 Å². The molecule has 3 rings (SSSR count). The Morgan fingerprint density at radius 2 is 2.10 bits per heavy atom. The van der Waals surface area contributed by atoms with E-state index in [1.54, 1.807) is 18.2 Å². The first kappa shape index (κ1) is 13.6. The molecule has 6 heteroatoms. The second-order valence-corrected chi connectivity index (χ2v) is 7.22. The molecule has 1 atom stereocenters. The number of aromatic nitrogens is 1. The highest BCUT2D eigenvalue weighted by Gasteiger charge is 2.29. The van der Waals surface area contributed by atoms with Crippen molar-refractivity contribution in [3.63, 3.8) is 0 Å². The zero-order valence-corrected chi connectivity index (χ0v) is 12.9. The number of hydrogen-bond donors (Lipinski definition) is 1. The highest BCUT2D eigenvalue weighted by Crippen LogP contribution is 2.31. The van der Waals surface area contributed by atoms with Crippen LogP contribution in [-0.4, -0.2) is 21.4 Å². The summed E-state index contributed by atoms with van der Waals surface area (Å²) in [5.74, 6) is -1.36. The monoisotopic (exact) mass is 353 g/mol. The number of aliphatic carboxylic acids is 1. The lowest BCUT2D eigenvalue weighted by atomic mass is 9.96. The molecule has 1 aliphatic heterocycles. The molecule has 1 unspecified atom stereocenters. The van der Waals surface area contributed by atoms with Crippen molar-refractivity contribution in [2.24, 2.45) is 0 Å². The van der Waals surface area contributed by atoms with Crippen LogP contribution in [0.1, 0.15) is 39.8 Å². The van der Waals surface area contributed by atoms with Crippen molar-refractivity contribution in [3.8, 4) is 0 Å². The molecule has 0 spiro atoms. The van der Waals surface area contributed by atoms with Gasteiger partial charge >= 0.3 is 5.97 Å². The molecule has 0 saturated heterocycles. The van der Waals surface area contributed by atoms with Crippen molar-refractivity contribution in [2.75, 3.05) is 0 Å². The van der Waals surface area contributed by atoms with E-state index in [0.717, 1.165) is 15.9 Å². The molecule has 0 fully saturated rings. The van der Waals surface area contributed by atoms with Crippen LogP contribution in [0, 0.1) is 0 Å². The fourth-order valence-corrected chi connectivity index (χ4v) is 3.98. The van der Waals surface area contributed by atoms with Gasteiger partial charge < -0.3 is 9.67 Å². The minimum Gasteiger partial charge on any atom is -0.481 e. The molecule has 0 saturated carbocycles. The minimum absolute atomic E-state index is 0.0435. The SMILES string of the molecule is O=C(c1ccc(Br)s1)c1ccc2n1CCCC2C(=O)O. The Morgan fingerprint density at radius 1 is 1.30 bits per heavy atom. The summed E-state index contributed by atoms with van der Waals surface area (Å²) < 4.78 is 2.77. The summed E-state index contributed by atoms with van der Waals surface area (Å²) in [5, 5.41) is 9.25. The van der Waals surface area contributed by atoms with E-state index in [4.69, 9.17) is 0 Å². The van der Waals surface area contributed by atoms with Gasteiger partial charge in [0.1, 0.15) is 0 Å². The zero-order chi connectivity index (χ0) is 14.3. The van der Waals surface area contributed by atoms with Crippen molar-refractivity contribution in [1.82, 2.24) is 4.57 Å². The predicted octanol–water partition coefficient (Wildman–Crippen LogP) is 3.51. The summed E-state index contributed by atoms with van der Waals surface area (Å²) in [6, 6.07) is 7.15. The summed E-state index contributed by atoms with van der Waals surface area (Å²) in [4.78, 5) is 24.4. The average Bonchev–Trinajstić information content (AvgIpc) is 3.03. The first-order valence-corrected chi connectivity index (χ1v) is 7.91. The molecular formula is C14H12BrNO3S. The number of carboxylic acids is 1. The Bertz CT molecular complexity index is 688. The maximum atomic E-state index is 12.5. The average molecular weight is 354 g/mol. The number of fused-ring (bicyclic) bond motifs is 1. The first-order chi connectivity index (χ1) is 9.58. The number of nitrogens with zero attached hydrogens (tertiary/aromatic N) is 1. The molecule has 0 aromatic carbocycles. The molecular weight excluding hydrogens is 342 g/mol. The lowest BCUT2D eigenvalue weighted by molar-refractivity contribution is -0.139. The van der Waals surface area contributed by atoms with E-state index in [9.17, 15) is 14.7 Å². The Hall–Kier alpha value is -1.40. The summed E-state index contributed by atoms with van der Waals surface area (Å²) in [6.07, 6.45) is 1.42. The van der Waals surface area contributed by atoms with Gasteiger partial charge in [-0.3, -0.25) is 9.59 Å². The second-order valence-electron chi connectivity index (χ2n) is 4.76. The largest absolute Gasteiger partial charge is 0.481 e. The third-order valence-corrected chi connectivity index (χ3v) is 5.20. The van der Waals surface area contributed by atoms with Gasteiger partial charge in [0.15, 0.2) is 0 Å². The normalized spacial score (nSPS) is 17.8. The Morgan fingerprint density at radius 3 is 2.75 bits per heavy atom. The molecule has 0 radical (unpaired) electrons. The van der Waals surface area contributed by atoms with Crippen molar-refractivity contribution in [2.45, 2.75) is 25.3 Å². The topological polar surface area (TPSA) is 59.3 Å². The first-order valence-electron chi connectivity index (χ1n) is 6.30. The van der Waals surface area contributed by atoms with Gasteiger partial charge in [-0.1, -0.05) is 0 Å². The van der Waals surface area contributed by atoms with Gasteiger partial charge in [0.2, 0.25) is 5.78 Å². The standard InChI is InChI=1S/C14H12BrNO3S/c15-12-6-5-11(20-12)13(17)10-4-3-9-8(14(18)19)2-1-7-16(9)10/h3-6,8H,1-2,7H2,(H,18,19). The van der Waals surface area contributed by atoms with Gasteiger partial charge in [-0.15, -0.1) is 11.3 Å². The number of rotatable bonds is 3. The van der Waals surface area contributed by atoms with Gasteiger partial charge in [-0.2, -0.15) is 0 Å². The van der Waals surface area contributed by atoms with Crippen LogP contribution in [0.3, 0.4) is 0 Å². The Labute approximate surface area is 128 Å². The number of carboxylic acid groups (broad SMARTS) is 1. The van der Waals surface area contributed by atoms with Gasteiger partial charge in [-0.25, -0.2) is 0 Å². The molecule has 20 heavy (non-hydrogen) atoms. The Balaban J connectivity index is 2.00. The molecule has 1 N–H and O–H groups in total. The molecule has 0 aliphatic carbocycles. The van der Waals surface area contributed by atoms with Crippen molar-refractivity contribution >= 4 is 39.0 Å². The number of hydrogen-bond acceptors (Lipinski definition) is 3. The van der Waals surface area contributed by atoms with E-state index in [-0.39, 0.29) is 5.78 Å². The summed E-state index contributed by atoms with van der Waals surface area (Å²) in [7, 11) is 0. The molecule has 104 valence electrons. The van der Waals surface area contributed by atoms with E-state index in [0.29, 0.717) is 23.5 Å². The van der Waals surface area contributed by atoms with E-state index in [1.807, 2.05) is 10.6 Å². The highest BCUT2D eigenvalue weighted by molar-refractivity contribution is 9.11. The van der Waals surface area contributed by atoms with Gasteiger partial charge in [0.05, 0.1) is 20.3 Å². The molecule has 0 bridgehead atoms. The summed E-state index contributed by atoms with van der Waals surface area (Å²) in [6.45, 7) is 0.708. The summed E-state index contributed by atoms with van der Waals surface area (Å²) >= 11 is 4.74. The van der Waals surface area contributed by atoms with Gasteiger partial charge in [-0.05, 0) is 53.0 Å². The Kier molecular flexibility index (Phi) is 3.52. The van der Waals surface area contributed by atoms with E-state index < -0.39 is 11.9 Å². The van der Waals surface area contributed by atoms with Crippen molar-refractivity contribution in [3.05, 3.63) is 44.3 Å². The highest BCUT2D eigenvalue weighted by atomic mass is 79.9. The molecule has 2 aromatic rings. The van der Waals surface area contributed by atoms with Gasteiger partial charge in [0, 0.05) is 12.2 Å². The maximum absolute atomic E-state index is 12.5. The molecule has 1 aliphatic rings.